The highest BCUT2D eigenvalue weighted by Gasteiger charge is 2.22. The van der Waals surface area contributed by atoms with Gasteiger partial charge in [0.05, 0.1) is 22.8 Å². The van der Waals surface area contributed by atoms with Gasteiger partial charge in [0.1, 0.15) is 17.5 Å². The zero-order chi connectivity index (χ0) is 22.2. The Morgan fingerprint density at radius 3 is 2.68 bits per heavy atom. The average Bonchev–Trinajstić information content (AvgIpc) is 3.09. The third-order valence-electron chi connectivity index (χ3n) is 4.55. The fraction of sp³-hybridized carbons (Fsp3) is 0.217. The molecule has 4 rings (SSSR count). The Morgan fingerprint density at radius 1 is 1.19 bits per heavy atom. The molecular formula is C23H20ClN5O2. The van der Waals surface area contributed by atoms with E-state index >= 15 is 0 Å². The van der Waals surface area contributed by atoms with Crippen LogP contribution in [0, 0.1) is 18.3 Å². The molecule has 0 saturated carbocycles. The van der Waals surface area contributed by atoms with Crippen LogP contribution in [0.1, 0.15) is 25.1 Å². The highest BCUT2D eigenvalue weighted by molar-refractivity contribution is 6.29. The second-order valence-electron chi connectivity index (χ2n) is 7.84. The Morgan fingerprint density at radius 2 is 1.97 bits per heavy atom. The maximum atomic E-state index is 9.97. The van der Waals surface area contributed by atoms with Crippen molar-refractivity contribution in [3.63, 3.8) is 0 Å². The maximum absolute atomic E-state index is 9.97. The number of halogens is 1. The normalized spacial score (nSPS) is 11.5. The van der Waals surface area contributed by atoms with Gasteiger partial charge in [-0.1, -0.05) is 29.8 Å². The van der Waals surface area contributed by atoms with Gasteiger partial charge >= 0.3 is 0 Å². The summed E-state index contributed by atoms with van der Waals surface area (Å²) in [4.78, 5) is 8.88. The Bertz CT molecular complexity index is 1300. The van der Waals surface area contributed by atoms with Gasteiger partial charge in [-0.3, -0.25) is 0 Å². The molecule has 0 radical (unpaired) electrons. The molecule has 1 N–H and O–H groups in total. The number of rotatable bonds is 5. The van der Waals surface area contributed by atoms with E-state index in [1.54, 1.807) is 42.8 Å². The lowest BCUT2D eigenvalue weighted by Crippen LogP contribution is -2.28. The summed E-state index contributed by atoms with van der Waals surface area (Å²) in [6, 6.07) is 14.8. The zero-order valence-electron chi connectivity index (χ0n) is 17.3. The van der Waals surface area contributed by atoms with Crippen LogP contribution in [0.3, 0.4) is 0 Å². The van der Waals surface area contributed by atoms with Gasteiger partial charge in [0.25, 0.3) is 0 Å². The first-order valence-electron chi connectivity index (χ1n) is 9.64. The Balaban J connectivity index is 1.98. The molecule has 156 valence electrons. The number of benzene rings is 1. The van der Waals surface area contributed by atoms with Crippen molar-refractivity contribution >= 4 is 17.2 Å². The number of aryl methyl sites for hydroxylation is 1. The van der Waals surface area contributed by atoms with Crippen molar-refractivity contribution in [3.05, 3.63) is 65.1 Å². The van der Waals surface area contributed by atoms with E-state index in [0.717, 1.165) is 11.3 Å². The topological polar surface area (TPSA) is 96.3 Å². The molecule has 0 aliphatic carbocycles. The highest BCUT2D eigenvalue weighted by Crippen LogP contribution is 2.37. The second-order valence-corrected chi connectivity index (χ2v) is 8.22. The molecule has 0 unspecified atom stereocenters. The molecule has 0 bridgehead atoms. The van der Waals surface area contributed by atoms with Gasteiger partial charge in [0.15, 0.2) is 5.65 Å². The number of hydrogen-bond acceptors (Lipinski definition) is 6. The molecule has 31 heavy (non-hydrogen) atoms. The summed E-state index contributed by atoms with van der Waals surface area (Å²) < 4.78 is 7.32. The quantitative estimate of drug-likeness (QED) is 0.467. The first kappa shape index (κ1) is 20.8. The van der Waals surface area contributed by atoms with E-state index in [1.165, 1.54) is 0 Å². The third-order valence-corrected chi connectivity index (χ3v) is 4.74. The second kappa shape index (κ2) is 7.99. The molecule has 0 spiro atoms. The number of nitrogens with zero attached hydrogens (tertiary/aromatic N) is 5. The summed E-state index contributed by atoms with van der Waals surface area (Å²) in [7, 11) is 0. The van der Waals surface area contributed by atoms with Crippen LogP contribution in [-0.2, 0) is 0 Å². The van der Waals surface area contributed by atoms with Gasteiger partial charge in [-0.05, 0) is 44.5 Å². The largest absolute Gasteiger partial charge is 0.475 e. The maximum Gasteiger partial charge on any atom is 0.216 e. The average molecular weight is 434 g/mol. The minimum absolute atomic E-state index is 0.0873. The number of aromatic nitrogens is 4. The molecule has 0 amide bonds. The van der Waals surface area contributed by atoms with Gasteiger partial charge < -0.3 is 9.84 Å². The van der Waals surface area contributed by atoms with Crippen molar-refractivity contribution in [3.8, 4) is 34.3 Å². The molecular weight excluding hydrogens is 414 g/mol. The molecule has 3 heterocycles. The molecule has 0 saturated heterocycles. The van der Waals surface area contributed by atoms with Crippen LogP contribution in [0.4, 0.5) is 0 Å². The standard InChI is InChI=1S/C23H20ClN5O2/c1-14-10-16(11-18(24)26-14)20-21(17-7-5-4-6-15(17)12-25)28-29-9-8-19(27-22(20)29)31-13-23(2,3)30/h4-11,30H,13H2,1-3H3. The molecule has 0 atom stereocenters. The molecule has 8 heteroatoms. The van der Waals surface area contributed by atoms with Crippen molar-refractivity contribution in [2.24, 2.45) is 0 Å². The van der Waals surface area contributed by atoms with Gasteiger partial charge in [-0.15, -0.1) is 0 Å². The first-order valence-corrected chi connectivity index (χ1v) is 10.0. The monoisotopic (exact) mass is 433 g/mol. The molecule has 0 aliphatic rings. The van der Waals surface area contributed by atoms with Crippen LogP contribution in [0.2, 0.25) is 5.15 Å². The van der Waals surface area contributed by atoms with Crippen LogP contribution < -0.4 is 4.74 Å². The molecule has 0 aliphatic heterocycles. The molecule has 7 nitrogen and oxygen atoms in total. The number of pyridine rings is 1. The van der Waals surface area contributed by atoms with Gasteiger partial charge in [-0.2, -0.15) is 15.3 Å². The summed E-state index contributed by atoms with van der Waals surface area (Å²) in [5, 5.41) is 24.7. The summed E-state index contributed by atoms with van der Waals surface area (Å²) >= 11 is 6.24. The summed E-state index contributed by atoms with van der Waals surface area (Å²) in [5.41, 5.74) is 3.58. The van der Waals surface area contributed by atoms with E-state index in [9.17, 15) is 10.4 Å². The predicted molar refractivity (Wildman–Crippen MR) is 118 cm³/mol. The van der Waals surface area contributed by atoms with Gasteiger partial charge in [0.2, 0.25) is 5.88 Å². The number of hydrogen-bond donors (Lipinski definition) is 1. The zero-order valence-corrected chi connectivity index (χ0v) is 18.1. The number of aliphatic hydroxyl groups is 1. The molecule has 0 fully saturated rings. The van der Waals surface area contributed by atoms with E-state index in [1.807, 2.05) is 31.2 Å². The van der Waals surface area contributed by atoms with Crippen LogP contribution in [0.25, 0.3) is 28.0 Å². The van der Waals surface area contributed by atoms with Crippen LogP contribution in [-0.4, -0.2) is 36.9 Å². The van der Waals surface area contributed by atoms with E-state index < -0.39 is 5.60 Å². The van der Waals surface area contributed by atoms with E-state index in [2.05, 4.69) is 16.0 Å². The fourth-order valence-electron chi connectivity index (χ4n) is 3.26. The van der Waals surface area contributed by atoms with E-state index in [-0.39, 0.29) is 6.61 Å². The predicted octanol–water partition coefficient (Wildman–Crippen LogP) is 4.44. The van der Waals surface area contributed by atoms with Crippen molar-refractivity contribution in [2.75, 3.05) is 6.61 Å². The third kappa shape index (κ3) is 4.36. The van der Waals surface area contributed by atoms with Crippen LogP contribution in [0.5, 0.6) is 5.88 Å². The lowest BCUT2D eigenvalue weighted by molar-refractivity contribution is 0.0269. The minimum atomic E-state index is -0.997. The number of fused-ring (bicyclic) bond motifs is 1. The smallest absolute Gasteiger partial charge is 0.216 e. The van der Waals surface area contributed by atoms with Crippen molar-refractivity contribution in [1.82, 2.24) is 19.6 Å². The SMILES string of the molecule is Cc1cc(-c2c(-c3ccccc3C#N)nn3ccc(OCC(C)(C)O)nc23)cc(Cl)n1. The summed E-state index contributed by atoms with van der Waals surface area (Å²) in [6.07, 6.45) is 1.74. The highest BCUT2D eigenvalue weighted by atomic mass is 35.5. The minimum Gasteiger partial charge on any atom is -0.475 e. The number of ether oxygens (including phenoxy) is 1. The number of nitriles is 1. The molecule has 4 aromatic rings. The Kier molecular flexibility index (Phi) is 5.36. The van der Waals surface area contributed by atoms with E-state index in [0.29, 0.717) is 39.1 Å². The van der Waals surface area contributed by atoms with Crippen LogP contribution >= 0.6 is 11.6 Å². The van der Waals surface area contributed by atoms with E-state index in [4.69, 9.17) is 21.4 Å². The summed E-state index contributed by atoms with van der Waals surface area (Å²) in [5.74, 6) is 0.354. The molecule has 3 aromatic heterocycles. The lowest BCUT2D eigenvalue weighted by atomic mass is 9.98. The first-order chi connectivity index (χ1) is 14.7. The Labute approximate surface area is 184 Å². The summed E-state index contributed by atoms with van der Waals surface area (Å²) in [6.45, 7) is 5.27. The lowest BCUT2D eigenvalue weighted by Gasteiger charge is -2.17. The molecule has 1 aromatic carbocycles. The van der Waals surface area contributed by atoms with Crippen molar-refractivity contribution in [2.45, 2.75) is 26.4 Å². The van der Waals surface area contributed by atoms with Crippen LogP contribution in [0.15, 0.2) is 48.7 Å². The van der Waals surface area contributed by atoms with Gasteiger partial charge in [-0.25, -0.2) is 9.50 Å². The van der Waals surface area contributed by atoms with Crippen molar-refractivity contribution < 1.29 is 9.84 Å². The van der Waals surface area contributed by atoms with Gasteiger partial charge in [0, 0.05) is 23.5 Å². The Hall–Kier alpha value is -3.47. The van der Waals surface area contributed by atoms with Crippen molar-refractivity contribution in [1.29, 1.82) is 5.26 Å². The fourth-order valence-corrected chi connectivity index (χ4v) is 3.51.